The molecule has 0 saturated carbocycles. The summed E-state index contributed by atoms with van der Waals surface area (Å²) in [4.78, 5) is 11.8. The van der Waals surface area contributed by atoms with Gasteiger partial charge in [0.15, 0.2) is 8.32 Å². The van der Waals surface area contributed by atoms with E-state index in [0.29, 0.717) is 11.8 Å². The highest BCUT2D eigenvalue weighted by Gasteiger charge is 2.31. The van der Waals surface area contributed by atoms with Gasteiger partial charge in [0.2, 0.25) is 8.32 Å². The van der Waals surface area contributed by atoms with Crippen LogP contribution < -0.4 is 0 Å². The van der Waals surface area contributed by atoms with E-state index in [0.717, 1.165) is 0 Å². The molecule has 0 unspecified atom stereocenters. The van der Waals surface area contributed by atoms with Crippen LogP contribution >= 0.6 is 0 Å². The van der Waals surface area contributed by atoms with Crippen LogP contribution in [0.2, 0.25) is 32.7 Å². The van der Waals surface area contributed by atoms with E-state index >= 15 is 0 Å². The van der Waals surface area contributed by atoms with Crippen LogP contribution in [0.5, 0.6) is 5.75 Å². The van der Waals surface area contributed by atoms with Gasteiger partial charge in [-0.05, 0) is 57.0 Å². The van der Waals surface area contributed by atoms with Crippen molar-refractivity contribution in [2.24, 2.45) is 0 Å². The first kappa shape index (κ1) is 15.9. The van der Waals surface area contributed by atoms with E-state index in [9.17, 15) is 4.79 Å². The highest BCUT2D eigenvalue weighted by molar-refractivity contribution is 6.84. The van der Waals surface area contributed by atoms with Crippen molar-refractivity contribution in [3.63, 3.8) is 0 Å². The lowest BCUT2D eigenvalue weighted by Gasteiger charge is -2.30. The zero-order valence-electron chi connectivity index (χ0n) is 12.2. The molecule has 19 heavy (non-hydrogen) atoms. The summed E-state index contributed by atoms with van der Waals surface area (Å²) < 4.78 is 11.4. The number of hydrogen-bond acceptors (Lipinski definition) is 4. The molecule has 0 aliphatic rings. The zero-order valence-corrected chi connectivity index (χ0v) is 14.2. The first-order valence-corrected chi connectivity index (χ1v) is 12.8. The molecule has 0 bridgehead atoms. The Balaban J connectivity index is 2.56. The molecule has 0 amide bonds. The van der Waals surface area contributed by atoms with Gasteiger partial charge < -0.3 is 14.0 Å². The molecule has 1 N–H and O–H groups in total. The SMILES string of the molecule is C[Si](C)(C)O[Si](C)(C)COC(=O)c1ccc(O)cc1. The summed E-state index contributed by atoms with van der Waals surface area (Å²) in [5.74, 6) is -0.243. The topological polar surface area (TPSA) is 55.8 Å². The number of phenolic OH excluding ortho intramolecular Hbond substituents is 1. The fourth-order valence-corrected chi connectivity index (χ4v) is 9.12. The molecule has 106 valence electrons. The molecule has 1 aromatic rings. The third-order valence-corrected chi connectivity index (χ3v) is 7.74. The predicted octanol–water partition coefficient (Wildman–Crippen LogP) is 3.14. The highest BCUT2D eigenvalue weighted by atomic mass is 28.4. The van der Waals surface area contributed by atoms with E-state index in [4.69, 9.17) is 14.0 Å². The van der Waals surface area contributed by atoms with E-state index < -0.39 is 16.6 Å². The number of ether oxygens (including phenoxy) is 1. The van der Waals surface area contributed by atoms with Gasteiger partial charge in [-0.1, -0.05) is 0 Å². The van der Waals surface area contributed by atoms with Crippen LogP contribution in [0.25, 0.3) is 0 Å². The first-order valence-electron chi connectivity index (χ1n) is 6.25. The lowest BCUT2D eigenvalue weighted by Crippen LogP contribution is -2.46. The minimum Gasteiger partial charge on any atom is -0.508 e. The number of esters is 1. The number of carbonyl (C=O) groups excluding carboxylic acids is 1. The Labute approximate surface area is 116 Å². The van der Waals surface area contributed by atoms with Crippen molar-refractivity contribution in [3.05, 3.63) is 29.8 Å². The Morgan fingerprint density at radius 2 is 1.63 bits per heavy atom. The average Bonchev–Trinajstić information content (AvgIpc) is 2.24. The Kier molecular flexibility index (Phi) is 4.94. The van der Waals surface area contributed by atoms with Gasteiger partial charge in [0.1, 0.15) is 12.0 Å². The van der Waals surface area contributed by atoms with Crippen molar-refractivity contribution >= 4 is 22.6 Å². The molecule has 0 spiro atoms. The quantitative estimate of drug-likeness (QED) is 0.670. The van der Waals surface area contributed by atoms with Gasteiger partial charge in [-0.3, -0.25) is 0 Å². The largest absolute Gasteiger partial charge is 0.508 e. The van der Waals surface area contributed by atoms with Gasteiger partial charge in [-0.25, -0.2) is 4.79 Å². The minimum atomic E-state index is -1.98. The van der Waals surface area contributed by atoms with Crippen LogP contribution in [0.15, 0.2) is 24.3 Å². The second-order valence-electron chi connectivity index (χ2n) is 6.10. The fraction of sp³-hybridized carbons (Fsp3) is 0.462. The summed E-state index contributed by atoms with van der Waals surface area (Å²) in [5, 5.41) is 9.16. The monoisotopic (exact) mass is 298 g/mol. The van der Waals surface area contributed by atoms with Crippen molar-refractivity contribution in [3.8, 4) is 5.75 Å². The number of benzene rings is 1. The summed E-state index contributed by atoms with van der Waals surface area (Å²) in [7, 11) is -3.59. The van der Waals surface area contributed by atoms with Gasteiger partial charge in [0, 0.05) is 0 Å². The molecule has 0 heterocycles. The van der Waals surface area contributed by atoms with Gasteiger partial charge in [0.05, 0.1) is 5.56 Å². The van der Waals surface area contributed by atoms with Crippen LogP contribution in [0.3, 0.4) is 0 Å². The molecule has 0 aliphatic heterocycles. The molecule has 0 radical (unpaired) electrons. The molecule has 1 rings (SSSR count). The molecule has 4 nitrogen and oxygen atoms in total. The number of carbonyl (C=O) groups is 1. The second-order valence-corrected chi connectivity index (χ2v) is 14.9. The maximum Gasteiger partial charge on any atom is 0.337 e. The number of rotatable bonds is 5. The summed E-state index contributed by atoms with van der Waals surface area (Å²) in [5.41, 5.74) is 0.440. The lowest BCUT2D eigenvalue weighted by molar-refractivity contribution is 0.0555. The molecule has 1 aromatic carbocycles. The molecule has 0 aliphatic carbocycles. The standard InChI is InChI=1S/C13H22O4Si2/c1-18(2,3)17-19(4,5)10-16-13(15)11-6-8-12(14)9-7-11/h6-9,14H,10H2,1-5H3. The second kappa shape index (κ2) is 5.89. The van der Waals surface area contributed by atoms with E-state index in [2.05, 4.69) is 32.7 Å². The van der Waals surface area contributed by atoms with E-state index in [-0.39, 0.29) is 11.7 Å². The van der Waals surface area contributed by atoms with Crippen LogP contribution in [-0.4, -0.2) is 33.9 Å². The van der Waals surface area contributed by atoms with Crippen molar-refractivity contribution in [1.82, 2.24) is 0 Å². The van der Waals surface area contributed by atoms with E-state index in [1.54, 1.807) is 12.1 Å². The summed E-state index contributed by atoms with van der Waals surface area (Å²) in [6.07, 6.45) is 0.344. The average molecular weight is 298 g/mol. The third-order valence-electron chi connectivity index (χ3n) is 2.24. The number of aromatic hydroxyl groups is 1. The zero-order chi connectivity index (χ0) is 14.7. The first-order chi connectivity index (χ1) is 8.59. The Bertz CT molecular complexity index is 435. The van der Waals surface area contributed by atoms with Crippen LogP contribution in [0, 0.1) is 0 Å². The number of hydrogen-bond donors (Lipinski definition) is 1. The summed E-state index contributed by atoms with van der Waals surface area (Å²) in [6, 6.07) is 6.03. The smallest absolute Gasteiger partial charge is 0.337 e. The normalized spacial score (nSPS) is 12.3. The fourth-order valence-electron chi connectivity index (χ4n) is 1.78. The molecule has 6 heteroatoms. The van der Waals surface area contributed by atoms with Gasteiger partial charge >= 0.3 is 5.97 Å². The van der Waals surface area contributed by atoms with Crippen molar-refractivity contribution in [2.45, 2.75) is 32.7 Å². The van der Waals surface area contributed by atoms with Crippen LogP contribution in [-0.2, 0) is 8.85 Å². The maximum absolute atomic E-state index is 11.8. The predicted molar refractivity (Wildman–Crippen MR) is 80.3 cm³/mol. The van der Waals surface area contributed by atoms with Crippen LogP contribution in [0.1, 0.15) is 10.4 Å². The Morgan fingerprint density at radius 1 is 1.11 bits per heavy atom. The molecular formula is C13H22O4Si2. The summed E-state index contributed by atoms with van der Waals surface area (Å²) >= 11 is 0. The minimum absolute atomic E-state index is 0.133. The van der Waals surface area contributed by atoms with E-state index in [1.165, 1.54) is 12.1 Å². The third kappa shape index (κ3) is 6.04. The van der Waals surface area contributed by atoms with Crippen molar-refractivity contribution in [1.29, 1.82) is 0 Å². The molecule has 0 fully saturated rings. The van der Waals surface area contributed by atoms with Gasteiger partial charge in [-0.15, -0.1) is 0 Å². The Morgan fingerprint density at radius 3 is 2.11 bits per heavy atom. The van der Waals surface area contributed by atoms with Crippen molar-refractivity contribution < 1.29 is 18.8 Å². The number of phenols is 1. The molecular weight excluding hydrogens is 276 g/mol. The van der Waals surface area contributed by atoms with Crippen LogP contribution in [0.4, 0.5) is 0 Å². The molecule has 0 saturated heterocycles. The molecule has 0 aromatic heterocycles. The van der Waals surface area contributed by atoms with E-state index in [1.807, 2.05) is 0 Å². The maximum atomic E-state index is 11.8. The van der Waals surface area contributed by atoms with Gasteiger partial charge in [0.25, 0.3) is 0 Å². The highest BCUT2D eigenvalue weighted by Crippen LogP contribution is 2.16. The Hall–Kier alpha value is -1.12. The molecule has 0 atom stereocenters. The summed E-state index contributed by atoms with van der Waals surface area (Å²) in [6.45, 7) is 10.5. The van der Waals surface area contributed by atoms with Gasteiger partial charge in [-0.2, -0.15) is 0 Å². The van der Waals surface area contributed by atoms with Crippen molar-refractivity contribution in [2.75, 3.05) is 6.23 Å². The lowest BCUT2D eigenvalue weighted by atomic mass is 10.2.